The molecule has 4 N–H and O–H groups in total. The van der Waals surface area contributed by atoms with E-state index in [1.807, 2.05) is 0 Å². The summed E-state index contributed by atoms with van der Waals surface area (Å²) in [6.07, 6.45) is 0. The van der Waals surface area contributed by atoms with Gasteiger partial charge in [0.2, 0.25) is 17.8 Å². The molecule has 2 rings (SSSR count). The summed E-state index contributed by atoms with van der Waals surface area (Å²) in [6.45, 7) is 0.390. The number of hydrazine groups is 1. The van der Waals surface area contributed by atoms with Gasteiger partial charge < -0.3 is 10.2 Å². The number of hydrogen-bond acceptors (Lipinski definition) is 7. The molecule has 0 atom stereocenters. The van der Waals surface area contributed by atoms with Gasteiger partial charge in [-0.3, -0.25) is 5.43 Å². The molecule has 0 bridgehead atoms. The molecular weight excluding hydrogens is 297 g/mol. The highest BCUT2D eigenvalue weighted by Gasteiger charge is 2.08. The van der Waals surface area contributed by atoms with Gasteiger partial charge in [0.1, 0.15) is 5.82 Å². The van der Waals surface area contributed by atoms with E-state index in [2.05, 4.69) is 25.7 Å². The Labute approximate surface area is 126 Å². The van der Waals surface area contributed by atoms with Crippen molar-refractivity contribution < 1.29 is 4.39 Å². The fourth-order valence-electron chi connectivity index (χ4n) is 1.54. The predicted molar refractivity (Wildman–Crippen MR) is 80.7 cm³/mol. The molecule has 0 saturated carbocycles. The number of hydrogen-bond donors (Lipinski definition) is 3. The molecule has 0 saturated heterocycles. The van der Waals surface area contributed by atoms with Gasteiger partial charge in [0.05, 0.1) is 5.02 Å². The summed E-state index contributed by atoms with van der Waals surface area (Å²) in [5.74, 6) is 5.92. The lowest BCUT2D eigenvalue weighted by Gasteiger charge is -2.13. The van der Waals surface area contributed by atoms with E-state index in [0.29, 0.717) is 18.4 Å². The first kappa shape index (κ1) is 15.2. The Morgan fingerprint density at radius 2 is 1.95 bits per heavy atom. The highest BCUT2D eigenvalue weighted by atomic mass is 35.5. The fraction of sp³-hybridized carbons (Fsp3) is 0.250. The van der Waals surface area contributed by atoms with Crippen LogP contribution < -0.4 is 21.5 Å². The second-order valence-electron chi connectivity index (χ2n) is 4.42. The first-order valence-corrected chi connectivity index (χ1v) is 6.45. The molecule has 0 fully saturated rings. The van der Waals surface area contributed by atoms with Crippen molar-refractivity contribution in [1.29, 1.82) is 0 Å². The van der Waals surface area contributed by atoms with Gasteiger partial charge >= 0.3 is 0 Å². The number of nitrogens with zero attached hydrogens (tertiary/aromatic N) is 4. The van der Waals surface area contributed by atoms with Gasteiger partial charge in [0.25, 0.3) is 0 Å². The Kier molecular flexibility index (Phi) is 4.71. The van der Waals surface area contributed by atoms with Gasteiger partial charge in [-0.25, -0.2) is 10.2 Å². The maximum absolute atomic E-state index is 13.1. The van der Waals surface area contributed by atoms with Crippen molar-refractivity contribution >= 4 is 29.4 Å². The Hall–Kier alpha value is -2.19. The number of rotatable bonds is 5. The average molecular weight is 312 g/mol. The summed E-state index contributed by atoms with van der Waals surface area (Å²) in [6, 6.07) is 4.48. The minimum absolute atomic E-state index is 0.0724. The average Bonchev–Trinajstić information content (AvgIpc) is 2.48. The summed E-state index contributed by atoms with van der Waals surface area (Å²) >= 11 is 5.73. The zero-order valence-electron chi connectivity index (χ0n) is 11.6. The van der Waals surface area contributed by atoms with Gasteiger partial charge in [-0.2, -0.15) is 15.0 Å². The number of anilines is 3. The van der Waals surface area contributed by atoms with Crippen LogP contribution >= 0.6 is 11.6 Å². The second-order valence-corrected chi connectivity index (χ2v) is 4.83. The van der Waals surface area contributed by atoms with E-state index in [9.17, 15) is 4.39 Å². The molecule has 0 unspecified atom stereocenters. The van der Waals surface area contributed by atoms with E-state index in [4.69, 9.17) is 17.4 Å². The molecule has 9 heteroatoms. The van der Waals surface area contributed by atoms with Crippen LogP contribution in [0.5, 0.6) is 0 Å². The normalized spacial score (nSPS) is 10.3. The maximum atomic E-state index is 13.1. The smallest absolute Gasteiger partial charge is 0.243 e. The van der Waals surface area contributed by atoms with Gasteiger partial charge in [0, 0.05) is 20.6 Å². The lowest BCUT2D eigenvalue weighted by Crippen LogP contribution is -2.19. The molecule has 0 radical (unpaired) electrons. The Morgan fingerprint density at radius 3 is 2.57 bits per heavy atom. The van der Waals surface area contributed by atoms with Crippen LogP contribution in [0.2, 0.25) is 5.02 Å². The molecule has 0 spiro atoms. The van der Waals surface area contributed by atoms with E-state index in [1.165, 1.54) is 6.07 Å². The van der Waals surface area contributed by atoms with Crippen LogP contribution in [0.1, 0.15) is 5.56 Å². The van der Waals surface area contributed by atoms with Crippen molar-refractivity contribution in [2.24, 2.45) is 5.84 Å². The third-order valence-corrected chi connectivity index (χ3v) is 2.88. The molecule has 2 aromatic rings. The second kappa shape index (κ2) is 6.51. The lowest BCUT2D eigenvalue weighted by molar-refractivity contribution is 0.627. The first-order valence-electron chi connectivity index (χ1n) is 6.07. The van der Waals surface area contributed by atoms with Gasteiger partial charge in [-0.1, -0.05) is 17.7 Å². The molecule has 112 valence electrons. The zero-order chi connectivity index (χ0) is 15.4. The largest absolute Gasteiger partial charge is 0.350 e. The number of nitrogens with one attached hydrogen (secondary N) is 2. The predicted octanol–water partition coefficient (Wildman–Crippen LogP) is 1.63. The fourth-order valence-corrected chi connectivity index (χ4v) is 1.74. The van der Waals surface area contributed by atoms with Gasteiger partial charge in [-0.15, -0.1) is 0 Å². The molecule has 7 nitrogen and oxygen atoms in total. The molecule has 0 aliphatic heterocycles. The minimum Gasteiger partial charge on any atom is -0.350 e. The summed E-state index contributed by atoms with van der Waals surface area (Å²) in [4.78, 5) is 14.1. The van der Waals surface area contributed by atoms with E-state index in [0.717, 1.165) is 5.56 Å². The zero-order valence-corrected chi connectivity index (χ0v) is 12.3. The van der Waals surface area contributed by atoms with E-state index >= 15 is 0 Å². The maximum Gasteiger partial charge on any atom is 0.243 e. The molecule has 1 heterocycles. The summed E-state index contributed by atoms with van der Waals surface area (Å²) < 4.78 is 13.1. The first-order chi connectivity index (χ1) is 9.99. The van der Waals surface area contributed by atoms with Crippen molar-refractivity contribution in [2.75, 3.05) is 29.7 Å². The molecule has 21 heavy (non-hydrogen) atoms. The summed E-state index contributed by atoms with van der Waals surface area (Å²) in [7, 11) is 3.61. The van der Waals surface area contributed by atoms with E-state index in [-0.39, 0.29) is 11.0 Å². The third-order valence-electron chi connectivity index (χ3n) is 2.59. The monoisotopic (exact) mass is 311 g/mol. The summed E-state index contributed by atoms with van der Waals surface area (Å²) in [5.41, 5.74) is 3.18. The lowest BCUT2D eigenvalue weighted by atomic mass is 10.2. The van der Waals surface area contributed by atoms with Crippen LogP contribution in [0.4, 0.5) is 22.2 Å². The quantitative estimate of drug-likeness (QED) is 0.571. The SMILES string of the molecule is CN(C)c1nc(NN)nc(NCc2ccc(F)c(Cl)c2)n1. The number of halogens is 2. The molecule has 0 aliphatic rings. The van der Waals surface area contributed by atoms with Crippen LogP contribution in [0, 0.1) is 5.82 Å². The Bertz CT molecular complexity index is 635. The Morgan fingerprint density at radius 1 is 1.24 bits per heavy atom. The molecule has 1 aromatic carbocycles. The van der Waals surface area contributed by atoms with Gasteiger partial charge in [-0.05, 0) is 17.7 Å². The highest BCUT2D eigenvalue weighted by Crippen LogP contribution is 2.17. The number of nitrogens with two attached hydrogens (primary N) is 1. The molecular formula is C12H15ClFN7. The topological polar surface area (TPSA) is 92.0 Å². The van der Waals surface area contributed by atoms with E-state index in [1.54, 1.807) is 31.1 Å². The minimum atomic E-state index is -0.454. The van der Waals surface area contributed by atoms with Gasteiger partial charge in [0.15, 0.2) is 0 Å². The van der Waals surface area contributed by atoms with Crippen molar-refractivity contribution in [2.45, 2.75) is 6.54 Å². The molecule has 0 aliphatic carbocycles. The number of benzene rings is 1. The van der Waals surface area contributed by atoms with E-state index < -0.39 is 5.82 Å². The molecule has 1 aromatic heterocycles. The number of aromatic nitrogens is 3. The van der Waals surface area contributed by atoms with Crippen molar-refractivity contribution in [1.82, 2.24) is 15.0 Å². The van der Waals surface area contributed by atoms with Crippen molar-refractivity contribution in [3.8, 4) is 0 Å². The molecule has 0 amide bonds. The highest BCUT2D eigenvalue weighted by molar-refractivity contribution is 6.30. The number of nitrogen functional groups attached to an aromatic ring is 1. The summed E-state index contributed by atoms with van der Waals surface area (Å²) in [5, 5.41) is 3.08. The third kappa shape index (κ3) is 3.89. The standard InChI is InChI=1S/C12H15ClFN7/c1-21(2)12-18-10(17-11(19-12)20-15)16-6-7-3-4-9(14)8(13)5-7/h3-5H,6,15H2,1-2H3,(H2,16,17,18,19,20). The Balaban J connectivity index is 2.15. The van der Waals surface area contributed by atoms with Crippen LogP contribution in [0.25, 0.3) is 0 Å². The van der Waals surface area contributed by atoms with Crippen LogP contribution in [0.3, 0.4) is 0 Å². The van der Waals surface area contributed by atoms with Crippen LogP contribution in [0.15, 0.2) is 18.2 Å². The van der Waals surface area contributed by atoms with Crippen LogP contribution in [-0.2, 0) is 6.54 Å². The van der Waals surface area contributed by atoms with Crippen molar-refractivity contribution in [3.05, 3.63) is 34.6 Å². The van der Waals surface area contributed by atoms with Crippen molar-refractivity contribution in [3.63, 3.8) is 0 Å². The van der Waals surface area contributed by atoms with Crippen LogP contribution in [-0.4, -0.2) is 29.0 Å².